The minimum absolute atomic E-state index is 0.243. The highest BCUT2D eigenvalue weighted by Gasteiger charge is 2.54. The first-order chi connectivity index (χ1) is 16.4. The molecular weight excluding hydrogens is 428 g/mol. The van der Waals surface area contributed by atoms with E-state index in [9.17, 15) is 9.59 Å². The first-order valence-electron chi connectivity index (χ1n) is 11.1. The molecule has 0 aromatic heterocycles. The fourth-order valence-electron chi connectivity index (χ4n) is 4.35. The average molecular weight is 455 g/mol. The number of benzene rings is 3. The Bertz CT molecular complexity index is 1200. The van der Waals surface area contributed by atoms with Gasteiger partial charge < -0.3 is 14.4 Å². The number of esters is 1. The lowest BCUT2D eigenvalue weighted by atomic mass is 9.87. The van der Waals surface area contributed by atoms with E-state index >= 15 is 0 Å². The van der Waals surface area contributed by atoms with Crippen LogP contribution in [0.5, 0.6) is 5.75 Å². The molecule has 6 heteroatoms. The van der Waals surface area contributed by atoms with Crippen molar-refractivity contribution in [3.05, 3.63) is 90.0 Å². The van der Waals surface area contributed by atoms with E-state index in [2.05, 4.69) is 6.07 Å². The van der Waals surface area contributed by atoms with Gasteiger partial charge in [0.2, 0.25) is 5.91 Å². The molecule has 4 rings (SSSR count). The Morgan fingerprint density at radius 1 is 1.03 bits per heavy atom. The van der Waals surface area contributed by atoms with E-state index in [0.29, 0.717) is 24.3 Å². The van der Waals surface area contributed by atoms with Crippen LogP contribution in [0.4, 0.5) is 0 Å². The molecule has 2 atom stereocenters. The van der Waals surface area contributed by atoms with Crippen LogP contribution in [-0.4, -0.2) is 36.5 Å². The maximum atomic E-state index is 13.3. The third-order valence-corrected chi connectivity index (χ3v) is 6.29. The summed E-state index contributed by atoms with van der Waals surface area (Å²) in [5.74, 6) is -0.0889. The molecule has 6 nitrogen and oxygen atoms in total. The zero-order valence-corrected chi connectivity index (χ0v) is 19.2. The standard InChI is InChI=1S/C28H26N2O4/c1-28(27(32)33-2)16-24(30(26(28)31)18-21-6-4-3-5-7-21)19-34-25-14-12-23(13-15-25)22-10-8-20(17-29)9-11-22/h3-15,24H,16,18-19H2,1-2H3/t24-,28-/m0/s1. The molecule has 1 aliphatic rings. The predicted molar refractivity (Wildman–Crippen MR) is 128 cm³/mol. The van der Waals surface area contributed by atoms with E-state index in [-0.39, 0.29) is 18.6 Å². The van der Waals surface area contributed by atoms with Crippen LogP contribution in [-0.2, 0) is 20.9 Å². The van der Waals surface area contributed by atoms with Crippen LogP contribution in [0.25, 0.3) is 11.1 Å². The number of nitrogens with zero attached hydrogens (tertiary/aromatic N) is 2. The number of carbonyl (C=O) groups is 2. The van der Waals surface area contributed by atoms with Crippen LogP contribution in [0.2, 0.25) is 0 Å². The summed E-state index contributed by atoms with van der Waals surface area (Å²) in [6, 6.07) is 26.6. The Hall–Kier alpha value is -4.11. The molecular formula is C28H26N2O4. The average Bonchev–Trinajstić information content (AvgIpc) is 3.13. The quantitative estimate of drug-likeness (QED) is 0.386. The molecule has 0 spiro atoms. The lowest BCUT2D eigenvalue weighted by molar-refractivity contribution is -0.158. The van der Waals surface area contributed by atoms with E-state index in [1.165, 1.54) is 7.11 Å². The van der Waals surface area contributed by atoms with Gasteiger partial charge in [0.25, 0.3) is 0 Å². The normalized spacial score (nSPS) is 19.5. The van der Waals surface area contributed by atoms with Crippen molar-refractivity contribution in [3.63, 3.8) is 0 Å². The van der Waals surface area contributed by atoms with Crippen LogP contribution in [0.1, 0.15) is 24.5 Å². The third kappa shape index (κ3) is 4.65. The largest absolute Gasteiger partial charge is 0.491 e. The highest BCUT2D eigenvalue weighted by molar-refractivity contribution is 6.04. The first kappa shape index (κ1) is 23.1. The second-order valence-electron chi connectivity index (χ2n) is 8.62. The highest BCUT2D eigenvalue weighted by atomic mass is 16.5. The monoisotopic (exact) mass is 454 g/mol. The summed E-state index contributed by atoms with van der Waals surface area (Å²) in [7, 11) is 1.31. The van der Waals surface area contributed by atoms with Gasteiger partial charge >= 0.3 is 5.97 Å². The number of ether oxygens (including phenoxy) is 2. The van der Waals surface area contributed by atoms with Crippen molar-refractivity contribution in [2.24, 2.45) is 5.41 Å². The second kappa shape index (κ2) is 9.80. The minimum atomic E-state index is -1.23. The summed E-state index contributed by atoms with van der Waals surface area (Å²) in [6.45, 7) is 2.31. The first-order valence-corrected chi connectivity index (χ1v) is 11.1. The number of likely N-dealkylation sites (tertiary alicyclic amines) is 1. The van der Waals surface area contributed by atoms with Crippen LogP contribution in [0.15, 0.2) is 78.9 Å². The molecule has 0 aliphatic carbocycles. The van der Waals surface area contributed by atoms with Gasteiger partial charge in [-0.25, -0.2) is 0 Å². The molecule has 172 valence electrons. The van der Waals surface area contributed by atoms with Crippen molar-refractivity contribution < 1.29 is 19.1 Å². The number of methoxy groups -OCH3 is 1. The SMILES string of the molecule is COC(=O)[C@@]1(C)C[C@@H](COc2ccc(-c3ccc(C#N)cc3)cc2)N(Cc2ccccc2)C1=O. The molecule has 0 saturated carbocycles. The van der Waals surface area contributed by atoms with Crippen molar-refractivity contribution in [2.75, 3.05) is 13.7 Å². The maximum absolute atomic E-state index is 13.3. The molecule has 1 fully saturated rings. The van der Waals surface area contributed by atoms with Gasteiger partial charge in [-0.3, -0.25) is 9.59 Å². The van der Waals surface area contributed by atoms with Crippen LogP contribution in [0.3, 0.4) is 0 Å². The van der Waals surface area contributed by atoms with Gasteiger partial charge in [-0.05, 0) is 54.3 Å². The summed E-state index contributed by atoms with van der Waals surface area (Å²) < 4.78 is 11.0. The van der Waals surface area contributed by atoms with Crippen molar-refractivity contribution in [2.45, 2.75) is 25.9 Å². The van der Waals surface area contributed by atoms with Crippen LogP contribution in [0, 0.1) is 16.7 Å². The van der Waals surface area contributed by atoms with E-state index in [0.717, 1.165) is 16.7 Å². The van der Waals surface area contributed by atoms with Gasteiger partial charge in [-0.1, -0.05) is 54.6 Å². The van der Waals surface area contributed by atoms with Crippen LogP contribution >= 0.6 is 0 Å². The molecule has 0 unspecified atom stereocenters. The summed E-state index contributed by atoms with van der Waals surface area (Å²) in [5.41, 5.74) is 2.40. The number of nitriles is 1. The molecule has 1 heterocycles. The molecule has 0 bridgehead atoms. The van der Waals surface area contributed by atoms with Crippen molar-refractivity contribution in [3.8, 4) is 22.9 Å². The summed E-state index contributed by atoms with van der Waals surface area (Å²) in [4.78, 5) is 27.4. The Morgan fingerprint density at radius 3 is 2.24 bits per heavy atom. The number of rotatable bonds is 7. The third-order valence-electron chi connectivity index (χ3n) is 6.29. The molecule has 34 heavy (non-hydrogen) atoms. The molecule has 1 aliphatic heterocycles. The minimum Gasteiger partial charge on any atom is -0.491 e. The second-order valence-corrected chi connectivity index (χ2v) is 8.62. The molecule has 0 N–H and O–H groups in total. The van der Waals surface area contributed by atoms with E-state index < -0.39 is 11.4 Å². The highest BCUT2D eigenvalue weighted by Crippen LogP contribution is 2.38. The number of amides is 1. The molecule has 0 radical (unpaired) electrons. The van der Waals surface area contributed by atoms with E-state index in [1.807, 2.05) is 66.7 Å². The fraction of sp³-hybridized carbons (Fsp3) is 0.250. The summed E-state index contributed by atoms with van der Waals surface area (Å²) >= 11 is 0. The lowest BCUT2D eigenvalue weighted by Crippen LogP contribution is -2.40. The number of hydrogen-bond acceptors (Lipinski definition) is 5. The predicted octanol–water partition coefficient (Wildman–Crippen LogP) is 4.58. The van der Waals surface area contributed by atoms with E-state index in [4.69, 9.17) is 14.7 Å². The maximum Gasteiger partial charge on any atom is 0.321 e. The van der Waals surface area contributed by atoms with Crippen molar-refractivity contribution in [1.29, 1.82) is 5.26 Å². The number of carbonyl (C=O) groups excluding carboxylic acids is 2. The Balaban J connectivity index is 1.48. The zero-order valence-electron chi connectivity index (χ0n) is 19.2. The molecule has 3 aromatic rings. The van der Waals surface area contributed by atoms with Crippen molar-refractivity contribution in [1.82, 2.24) is 4.90 Å². The van der Waals surface area contributed by atoms with Gasteiger partial charge in [-0.2, -0.15) is 5.26 Å². The van der Waals surface area contributed by atoms with Gasteiger partial charge in [0.15, 0.2) is 0 Å². The lowest BCUT2D eigenvalue weighted by Gasteiger charge is -2.25. The molecule has 1 amide bonds. The zero-order chi connectivity index (χ0) is 24.1. The topological polar surface area (TPSA) is 79.6 Å². The van der Waals surface area contributed by atoms with Gasteiger partial charge in [-0.15, -0.1) is 0 Å². The van der Waals surface area contributed by atoms with Gasteiger partial charge in [0.05, 0.1) is 24.8 Å². The van der Waals surface area contributed by atoms with E-state index in [1.54, 1.807) is 24.0 Å². The molecule has 1 saturated heterocycles. The smallest absolute Gasteiger partial charge is 0.321 e. The van der Waals surface area contributed by atoms with Crippen molar-refractivity contribution >= 4 is 11.9 Å². The summed E-state index contributed by atoms with van der Waals surface area (Å²) in [6.07, 6.45) is 0.328. The van der Waals surface area contributed by atoms with Crippen LogP contribution < -0.4 is 4.74 Å². The van der Waals surface area contributed by atoms with Gasteiger partial charge in [0, 0.05) is 6.54 Å². The Kier molecular flexibility index (Phi) is 6.65. The fourth-order valence-corrected chi connectivity index (χ4v) is 4.35. The summed E-state index contributed by atoms with van der Waals surface area (Å²) in [5, 5.41) is 8.96. The molecule has 3 aromatic carbocycles. The Morgan fingerprint density at radius 2 is 1.65 bits per heavy atom. The Labute approximate surface area is 199 Å². The van der Waals surface area contributed by atoms with Gasteiger partial charge in [0.1, 0.15) is 17.8 Å². The number of hydrogen-bond donors (Lipinski definition) is 0.